The third-order valence-corrected chi connectivity index (χ3v) is 8.21. The van der Waals surface area contributed by atoms with Gasteiger partial charge in [-0.25, -0.2) is 4.40 Å². The zero-order valence-corrected chi connectivity index (χ0v) is 33.9. The van der Waals surface area contributed by atoms with E-state index in [1.54, 1.807) is 0 Å². The van der Waals surface area contributed by atoms with Gasteiger partial charge in [-0.1, -0.05) is 182 Å². The number of nitrogens with one attached hydrogen (secondary N) is 1. The quantitative estimate of drug-likeness (QED) is 0.0373. The van der Waals surface area contributed by atoms with Crippen LogP contribution in [0.4, 0.5) is 0 Å². The molecule has 1 atom stereocenters. The van der Waals surface area contributed by atoms with Gasteiger partial charge in [-0.15, -0.1) is 0 Å². The summed E-state index contributed by atoms with van der Waals surface area (Å²) in [5.41, 5.74) is 3.09. The van der Waals surface area contributed by atoms with Gasteiger partial charge < -0.3 is 9.47 Å². The van der Waals surface area contributed by atoms with Gasteiger partial charge in [-0.3, -0.25) is 10.2 Å². The molecule has 48 heavy (non-hydrogen) atoms. The second-order valence-electron chi connectivity index (χ2n) is 12.3. The first-order valence-corrected chi connectivity index (χ1v) is 20.0. The summed E-state index contributed by atoms with van der Waals surface area (Å²) in [5, 5.41) is 7.95. The number of rotatable bonds is 24. The minimum absolute atomic E-state index is 0.0698. The number of benzene rings is 1. The molecule has 0 aromatic heterocycles. The molecular formula is C42H78N2O3S. The zero-order valence-electron chi connectivity index (χ0n) is 33.0. The van der Waals surface area contributed by atoms with Gasteiger partial charge in [0.1, 0.15) is 5.71 Å². The Kier molecular flexibility index (Phi) is 43.1. The molecule has 0 heterocycles. The normalized spacial score (nSPS) is 11.5. The maximum absolute atomic E-state index is 10.8. The van der Waals surface area contributed by atoms with E-state index in [1.165, 1.54) is 96.1 Å². The SMILES string of the molecule is CC.CCC(C)Cc1ccccc1.CCC/C=C(CC)/C(=N/S)C(=N)OCCCCCC.CCCCCCCCCCCCC(=O)OC. The number of carbonyl (C=O) groups is 1. The Bertz CT molecular complexity index is 886. The van der Waals surface area contributed by atoms with E-state index < -0.39 is 0 Å². The van der Waals surface area contributed by atoms with Crippen LogP contribution in [0.1, 0.15) is 183 Å². The Morgan fingerprint density at radius 1 is 0.812 bits per heavy atom. The molecule has 0 aliphatic carbocycles. The van der Waals surface area contributed by atoms with Crippen molar-refractivity contribution in [3.63, 3.8) is 0 Å². The van der Waals surface area contributed by atoms with Crippen molar-refractivity contribution in [2.45, 2.75) is 184 Å². The van der Waals surface area contributed by atoms with Crippen molar-refractivity contribution in [3.8, 4) is 0 Å². The van der Waals surface area contributed by atoms with Gasteiger partial charge in [-0.2, -0.15) is 0 Å². The number of esters is 1. The lowest BCUT2D eigenvalue weighted by Gasteiger charge is -2.11. The first-order chi connectivity index (χ1) is 23.3. The Morgan fingerprint density at radius 3 is 1.79 bits per heavy atom. The van der Waals surface area contributed by atoms with Crippen molar-refractivity contribution < 1.29 is 14.3 Å². The molecule has 0 bridgehead atoms. The number of unbranched alkanes of at least 4 members (excludes halogenated alkanes) is 13. The maximum atomic E-state index is 10.8. The van der Waals surface area contributed by atoms with E-state index in [1.807, 2.05) is 13.8 Å². The fraction of sp³-hybridized carbons (Fsp3) is 0.738. The van der Waals surface area contributed by atoms with E-state index in [-0.39, 0.29) is 11.9 Å². The number of allylic oxidation sites excluding steroid dienone is 1. The number of ether oxygens (including phenoxy) is 2. The largest absolute Gasteiger partial charge is 0.477 e. The van der Waals surface area contributed by atoms with E-state index in [4.69, 9.17) is 10.1 Å². The first-order valence-electron chi connectivity index (χ1n) is 19.6. The van der Waals surface area contributed by atoms with E-state index in [0.717, 1.165) is 50.0 Å². The summed E-state index contributed by atoms with van der Waals surface area (Å²) in [6.07, 6.45) is 25.8. The van der Waals surface area contributed by atoms with Crippen molar-refractivity contribution >= 4 is 30.4 Å². The summed E-state index contributed by atoms with van der Waals surface area (Å²) < 4.78 is 14.0. The summed E-state index contributed by atoms with van der Waals surface area (Å²) in [5.74, 6) is 0.896. The molecule has 280 valence electrons. The summed E-state index contributed by atoms with van der Waals surface area (Å²) >= 11 is 3.98. The predicted octanol–water partition coefficient (Wildman–Crippen LogP) is 13.8. The van der Waals surface area contributed by atoms with Gasteiger partial charge in [0.25, 0.3) is 0 Å². The number of methoxy groups -OCH3 is 1. The third-order valence-electron chi connectivity index (χ3n) is 8.01. The molecule has 0 saturated heterocycles. The van der Waals surface area contributed by atoms with Gasteiger partial charge in [-0.05, 0) is 62.0 Å². The van der Waals surface area contributed by atoms with Crippen LogP contribution in [0.3, 0.4) is 0 Å². The number of thiol groups is 1. The fourth-order valence-corrected chi connectivity index (χ4v) is 4.99. The second kappa shape index (κ2) is 41.1. The minimum Gasteiger partial charge on any atom is -0.477 e. The molecule has 5 nitrogen and oxygen atoms in total. The number of hydrogen-bond donors (Lipinski definition) is 2. The van der Waals surface area contributed by atoms with Crippen molar-refractivity contribution in [1.82, 2.24) is 0 Å². The van der Waals surface area contributed by atoms with Crippen molar-refractivity contribution in [2.75, 3.05) is 13.7 Å². The second-order valence-corrected chi connectivity index (χ2v) is 12.5. The Hall–Kier alpha value is -2.08. The molecule has 1 rings (SSSR count). The monoisotopic (exact) mass is 691 g/mol. The maximum Gasteiger partial charge on any atom is 0.305 e. The van der Waals surface area contributed by atoms with Crippen molar-refractivity contribution in [2.24, 2.45) is 10.3 Å². The topological polar surface area (TPSA) is 71.7 Å². The molecule has 0 amide bonds. The lowest BCUT2D eigenvalue weighted by Crippen LogP contribution is -2.19. The molecule has 6 heteroatoms. The summed E-state index contributed by atoms with van der Waals surface area (Å²) in [7, 11) is 1.46. The summed E-state index contributed by atoms with van der Waals surface area (Å²) in [4.78, 5) is 10.8. The van der Waals surface area contributed by atoms with Crippen LogP contribution >= 0.6 is 12.8 Å². The zero-order chi connectivity index (χ0) is 36.7. The van der Waals surface area contributed by atoms with Crippen LogP contribution in [0.25, 0.3) is 0 Å². The molecule has 0 aliphatic rings. The van der Waals surface area contributed by atoms with Crippen molar-refractivity contribution in [1.29, 1.82) is 5.41 Å². The minimum atomic E-state index is -0.0698. The number of nitrogens with zero attached hydrogens (tertiary/aromatic N) is 1. The Balaban J connectivity index is -0.000000634. The molecule has 0 aliphatic heterocycles. The van der Waals surface area contributed by atoms with Crippen LogP contribution in [0.15, 0.2) is 46.4 Å². The molecule has 0 fully saturated rings. The Morgan fingerprint density at radius 2 is 1.33 bits per heavy atom. The standard InChI is InChI=1S/C15H28N2OS.C14H28O2.C11H16.C2H6/c1-4-7-9-10-12-18-15(16)14(17-19)13(6-3)11-8-5-2;1-3-4-5-6-7-8-9-10-11-12-13-14(15)16-2;1-3-10(2)9-11-7-5-4-6-8-11;1-2/h11,16,19H,4-10,12H2,1-3H3;3-13H2,1-2H3;4-8,10H,3,9H2,1-2H3;1-2H3/b13-11+,16-15?,17-14-;;;. The predicted molar refractivity (Wildman–Crippen MR) is 217 cm³/mol. The highest BCUT2D eigenvalue weighted by molar-refractivity contribution is 7.79. The molecule has 1 aromatic carbocycles. The molecule has 0 spiro atoms. The van der Waals surface area contributed by atoms with Gasteiger partial charge in [0.2, 0.25) is 5.90 Å². The third kappa shape index (κ3) is 33.8. The highest BCUT2D eigenvalue weighted by Crippen LogP contribution is 2.13. The lowest BCUT2D eigenvalue weighted by molar-refractivity contribution is -0.140. The van der Waals surface area contributed by atoms with Crippen LogP contribution in [-0.4, -0.2) is 31.3 Å². The van der Waals surface area contributed by atoms with Gasteiger partial charge >= 0.3 is 5.97 Å². The van der Waals surface area contributed by atoms with Crippen LogP contribution < -0.4 is 0 Å². The molecule has 0 radical (unpaired) electrons. The van der Waals surface area contributed by atoms with Crippen LogP contribution in [-0.2, 0) is 20.7 Å². The molecular weight excluding hydrogens is 613 g/mol. The fourth-order valence-electron chi connectivity index (χ4n) is 4.77. The first kappa shape index (κ1) is 50.3. The molecule has 1 N–H and O–H groups in total. The number of hydrogen-bond acceptors (Lipinski definition) is 6. The van der Waals surface area contributed by atoms with Crippen LogP contribution in [0, 0.1) is 11.3 Å². The molecule has 1 aromatic rings. The Labute approximate surface area is 304 Å². The molecule has 1 unspecified atom stereocenters. The highest BCUT2D eigenvalue weighted by atomic mass is 32.1. The lowest BCUT2D eigenvalue weighted by atomic mass is 9.99. The van der Waals surface area contributed by atoms with Crippen LogP contribution in [0.2, 0.25) is 0 Å². The summed E-state index contributed by atoms with van der Waals surface area (Å²) in [6, 6.07) is 10.7. The van der Waals surface area contributed by atoms with Gasteiger partial charge in [0.05, 0.1) is 13.7 Å². The average molecular weight is 691 g/mol. The van der Waals surface area contributed by atoms with Gasteiger partial charge in [0, 0.05) is 6.42 Å². The van der Waals surface area contributed by atoms with E-state index >= 15 is 0 Å². The van der Waals surface area contributed by atoms with E-state index in [9.17, 15) is 4.79 Å². The van der Waals surface area contributed by atoms with E-state index in [0.29, 0.717) is 18.7 Å². The smallest absolute Gasteiger partial charge is 0.305 e. The molecule has 0 saturated carbocycles. The summed E-state index contributed by atoms with van der Waals surface area (Å²) in [6.45, 7) is 17.8. The average Bonchev–Trinajstić information content (AvgIpc) is 3.12. The highest BCUT2D eigenvalue weighted by Gasteiger charge is 2.12. The number of carbonyl (C=O) groups excluding carboxylic acids is 1. The van der Waals surface area contributed by atoms with Crippen LogP contribution in [0.5, 0.6) is 0 Å². The van der Waals surface area contributed by atoms with E-state index in [2.05, 4.69) is 99.9 Å². The van der Waals surface area contributed by atoms with Crippen molar-refractivity contribution in [3.05, 3.63) is 47.5 Å². The van der Waals surface area contributed by atoms with Gasteiger partial charge in [0.15, 0.2) is 0 Å².